The Hall–Kier alpha value is -3.16. The van der Waals surface area contributed by atoms with E-state index in [1.807, 2.05) is 6.92 Å². The Bertz CT molecular complexity index is 925. The molecule has 7 nitrogen and oxygen atoms in total. The van der Waals surface area contributed by atoms with Crippen molar-refractivity contribution >= 4 is 17.4 Å². The number of imidazole rings is 1. The molecule has 0 spiro atoms. The lowest BCUT2D eigenvalue weighted by atomic mass is 10.1. The van der Waals surface area contributed by atoms with Crippen molar-refractivity contribution in [2.45, 2.75) is 13.0 Å². The van der Waals surface area contributed by atoms with Gasteiger partial charge in [-0.05, 0) is 37.3 Å². The average molecular weight is 343 g/mol. The number of hydrogen-bond donors (Lipinski definition) is 2. The standard InChI is InChI=1S/C17H18FN5O2/c1-10(12-8-11(18)4-5-14(12)25-3)21-15-6-7-16-20-9-13(17(24)19-2)23(16)22-15/h4-10H,1-3H3,(H,19,24)(H,21,22)/t10-/m1/s1. The summed E-state index contributed by atoms with van der Waals surface area (Å²) < 4.78 is 20.3. The number of methoxy groups -OCH3 is 1. The minimum absolute atomic E-state index is 0.262. The molecule has 0 fully saturated rings. The molecule has 0 radical (unpaired) electrons. The largest absolute Gasteiger partial charge is 0.496 e. The van der Waals surface area contributed by atoms with E-state index in [-0.39, 0.29) is 17.8 Å². The van der Waals surface area contributed by atoms with E-state index in [4.69, 9.17) is 4.74 Å². The van der Waals surface area contributed by atoms with Crippen LogP contribution < -0.4 is 15.4 Å². The van der Waals surface area contributed by atoms with Crippen molar-refractivity contribution in [3.8, 4) is 5.75 Å². The number of halogens is 1. The summed E-state index contributed by atoms with van der Waals surface area (Å²) in [5.41, 5.74) is 1.55. The predicted molar refractivity (Wildman–Crippen MR) is 91.4 cm³/mol. The highest BCUT2D eigenvalue weighted by atomic mass is 19.1. The third-order valence-corrected chi connectivity index (χ3v) is 3.84. The molecule has 0 saturated heterocycles. The summed E-state index contributed by atoms with van der Waals surface area (Å²) in [7, 11) is 3.08. The number of anilines is 1. The molecule has 2 aromatic heterocycles. The Labute approximate surface area is 143 Å². The van der Waals surface area contributed by atoms with E-state index in [1.165, 1.54) is 30.0 Å². The summed E-state index contributed by atoms with van der Waals surface area (Å²) in [6.45, 7) is 1.87. The Kier molecular flexibility index (Phi) is 4.51. The van der Waals surface area contributed by atoms with Crippen LogP contribution >= 0.6 is 0 Å². The molecule has 8 heteroatoms. The topological polar surface area (TPSA) is 80.5 Å². The van der Waals surface area contributed by atoms with Crippen LogP contribution in [0.1, 0.15) is 29.0 Å². The van der Waals surface area contributed by atoms with Crippen LogP contribution in [0.3, 0.4) is 0 Å². The lowest BCUT2D eigenvalue weighted by molar-refractivity contribution is 0.0956. The summed E-state index contributed by atoms with van der Waals surface area (Å²) in [5.74, 6) is 0.479. The molecule has 25 heavy (non-hydrogen) atoms. The van der Waals surface area contributed by atoms with Crippen molar-refractivity contribution in [2.24, 2.45) is 0 Å². The van der Waals surface area contributed by atoms with Gasteiger partial charge in [0.1, 0.15) is 17.4 Å². The highest BCUT2D eigenvalue weighted by molar-refractivity contribution is 5.92. The Balaban J connectivity index is 1.92. The number of hydrogen-bond acceptors (Lipinski definition) is 5. The fourth-order valence-corrected chi connectivity index (χ4v) is 2.58. The van der Waals surface area contributed by atoms with E-state index in [0.29, 0.717) is 28.5 Å². The van der Waals surface area contributed by atoms with Crippen LogP contribution in [0, 0.1) is 5.82 Å². The summed E-state index contributed by atoms with van der Waals surface area (Å²) in [5, 5.41) is 10.1. The maximum absolute atomic E-state index is 13.6. The van der Waals surface area contributed by atoms with Crippen LogP contribution in [0.2, 0.25) is 0 Å². The van der Waals surface area contributed by atoms with Crippen molar-refractivity contribution in [2.75, 3.05) is 19.5 Å². The molecule has 1 aromatic carbocycles. The molecule has 1 atom stereocenters. The molecule has 0 aliphatic carbocycles. The van der Waals surface area contributed by atoms with Crippen LogP contribution in [0.5, 0.6) is 5.75 Å². The van der Waals surface area contributed by atoms with Crippen LogP contribution in [0.4, 0.5) is 10.2 Å². The van der Waals surface area contributed by atoms with Crippen molar-refractivity contribution in [3.05, 3.63) is 53.6 Å². The fraction of sp³-hybridized carbons (Fsp3) is 0.235. The zero-order valence-corrected chi connectivity index (χ0v) is 14.1. The number of rotatable bonds is 5. The fourth-order valence-electron chi connectivity index (χ4n) is 2.58. The number of nitrogens with zero attached hydrogens (tertiary/aromatic N) is 3. The van der Waals surface area contributed by atoms with Gasteiger partial charge in [0.15, 0.2) is 11.3 Å². The molecular formula is C17H18FN5O2. The SMILES string of the molecule is CNC(=O)c1cnc2ccc(N[C@H](C)c3cc(F)ccc3OC)nn12. The number of carbonyl (C=O) groups excluding carboxylic acids is 1. The van der Waals surface area contributed by atoms with Gasteiger partial charge in [-0.1, -0.05) is 0 Å². The third kappa shape index (κ3) is 3.23. The van der Waals surface area contributed by atoms with Gasteiger partial charge in [-0.3, -0.25) is 4.79 Å². The molecular weight excluding hydrogens is 325 g/mol. The number of ether oxygens (including phenoxy) is 1. The van der Waals surface area contributed by atoms with Crippen LogP contribution in [0.25, 0.3) is 5.65 Å². The molecule has 0 bridgehead atoms. The van der Waals surface area contributed by atoms with Gasteiger partial charge >= 0.3 is 0 Å². The second-order valence-corrected chi connectivity index (χ2v) is 5.46. The predicted octanol–water partition coefficient (Wildman–Crippen LogP) is 2.41. The molecule has 130 valence electrons. The monoisotopic (exact) mass is 343 g/mol. The molecule has 0 aliphatic rings. The minimum Gasteiger partial charge on any atom is -0.496 e. The smallest absolute Gasteiger partial charge is 0.271 e. The van der Waals surface area contributed by atoms with E-state index < -0.39 is 0 Å². The van der Waals surface area contributed by atoms with Gasteiger partial charge < -0.3 is 15.4 Å². The molecule has 0 unspecified atom stereocenters. The number of benzene rings is 1. The van der Waals surface area contributed by atoms with E-state index in [1.54, 1.807) is 25.2 Å². The van der Waals surface area contributed by atoms with Crippen molar-refractivity contribution < 1.29 is 13.9 Å². The molecule has 2 heterocycles. The molecule has 1 amide bonds. The van der Waals surface area contributed by atoms with Gasteiger partial charge in [0.05, 0.1) is 19.3 Å². The molecule has 0 saturated carbocycles. The second kappa shape index (κ2) is 6.76. The quantitative estimate of drug-likeness (QED) is 0.744. The zero-order valence-electron chi connectivity index (χ0n) is 14.1. The van der Waals surface area contributed by atoms with Crippen LogP contribution in [-0.4, -0.2) is 34.7 Å². The first-order valence-electron chi connectivity index (χ1n) is 7.70. The molecule has 2 N–H and O–H groups in total. The average Bonchev–Trinajstić information content (AvgIpc) is 3.04. The first-order chi connectivity index (χ1) is 12.0. The lowest BCUT2D eigenvalue weighted by Gasteiger charge is -2.18. The van der Waals surface area contributed by atoms with E-state index in [0.717, 1.165) is 0 Å². The maximum Gasteiger partial charge on any atom is 0.271 e. The summed E-state index contributed by atoms with van der Waals surface area (Å²) in [6, 6.07) is 7.58. The van der Waals surface area contributed by atoms with Gasteiger partial charge in [-0.15, -0.1) is 5.10 Å². The first kappa shape index (κ1) is 16.7. The molecule has 3 aromatic rings. The van der Waals surface area contributed by atoms with Gasteiger partial charge in [0, 0.05) is 12.6 Å². The highest BCUT2D eigenvalue weighted by Crippen LogP contribution is 2.28. The van der Waals surface area contributed by atoms with Crippen LogP contribution in [-0.2, 0) is 0 Å². The van der Waals surface area contributed by atoms with Gasteiger partial charge in [-0.2, -0.15) is 0 Å². The summed E-state index contributed by atoms with van der Waals surface area (Å²) in [6.07, 6.45) is 1.46. The maximum atomic E-state index is 13.6. The number of aromatic nitrogens is 3. The van der Waals surface area contributed by atoms with Crippen LogP contribution in [0.15, 0.2) is 36.5 Å². The second-order valence-electron chi connectivity index (χ2n) is 5.46. The Morgan fingerprint density at radius 3 is 2.84 bits per heavy atom. The number of carbonyl (C=O) groups is 1. The normalized spacial score (nSPS) is 12.0. The third-order valence-electron chi connectivity index (χ3n) is 3.84. The van der Waals surface area contributed by atoms with Crippen molar-refractivity contribution in [3.63, 3.8) is 0 Å². The Morgan fingerprint density at radius 1 is 1.32 bits per heavy atom. The Morgan fingerprint density at radius 2 is 2.12 bits per heavy atom. The zero-order chi connectivity index (χ0) is 18.0. The first-order valence-corrected chi connectivity index (χ1v) is 7.70. The van der Waals surface area contributed by atoms with E-state index in [9.17, 15) is 9.18 Å². The summed E-state index contributed by atoms with van der Waals surface area (Å²) in [4.78, 5) is 16.0. The minimum atomic E-state index is -0.343. The van der Waals surface area contributed by atoms with Gasteiger partial charge in [0.25, 0.3) is 5.91 Å². The van der Waals surface area contributed by atoms with Crippen molar-refractivity contribution in [1.82, 2.24) is 19.9 Å². The van der Waals surface area contributed by atoms with Crippen molar-refractivity contribution in [1.29, 1.82) is 0 Å². The number of nitrogens with one attached hydrogen (secondary N) is 2. The van der Waals surface area contributed by atoms with Gasteiger partial charge in [0.2, 0.25) is 0 Å². The molecule has 3 rings (SSSR count). The lowest BCUT2D eigenvalue weighted by Crippen LogP contribution is -2.20. The van der Waals surface area contributed by atoms with Gasteiger partial charge in [-0.25, -0.2) is 13.9 Å². The number of fused-ring (bicyclic) bond motifs is 1. The van der Waals surface area contributed by atoms with E-state index in [2.05, 4.69) is 20.7 Å². The number of amides is 1. The van der Waals surface area contributed by atoms with E-state index >= 15 is 0 Å². The molecule has 0 aliphatic heterocycles. The summed E-state index contributed by atoms with van der Waals surface area (Å²) >= 11 is 0. The highest BCUT2D eigenvalue weighted by Gasteiger charge is 2.15.